The fraction of sp³-hybridized carbons (Fsp3) is 0.300. The number of carbonyl (C=O) groups is 1. The molecule has 5 heterocycles. The van der Waals surface area contributed by atoms with Crippen molar-refractivity contribution in [3.63, 3.8) is 0 Å². The van der Waals surface area contributed by atoms with Gasteiger partial charge >= 0.3 is 0 Å². The van der Waals surface area contributed by atoms with Gasteiger partial charge in [-0.1, -0.05) is 24.3 Å². The SMILES string of the molecule is CC1(C)CC[C@@H](C(=O)Nc2nc3sc4ccc3c2c2ccc4cc2)N1. The minimum atomic E-state index is -0.155. The maximum absolute atomic E-state index is 12.8. The van der Waals surface area contributed by atoms with E-state index in [2.05, 4.69) is 60.9 Å². The predicted molar refractivity (Wildman–Crippen MR) is 105 cm³/mol. The highest BCUT2D eigenvalue weighted by Crippen LogP contribution is 2.37. The summed E-state index contributed by atoms with van der Waals surface area (Å²) in [5, 5.41) is 10.9. The molecule has 1 aliphatic rings. The van der Waals surface area contributed by atoms with E-state index in [1.165, 1.54) is 10.1 Å². The van der Waals surface area contributed by atoms with Gasteiger partial charge in [0, 0.05) is 21.0 Å². The number of rotatable bonds is 2. The molecule has 0 radical (unpaired) electrons. The molecule has 1 aliphatic heterocycles. The fourth-order valence-electron chi connectivity index (χ4n) is 3.84. The number of amides is 1. The lowest BCUT2D eigenvalue weighted by Crippen LogP contribution is -2.43. The highest BCUT2D eigenvalue weighted by atomic mass is 32.1. The van der Waals surface area contributed by atoms with Crippen LogP contribution >= 0.6 is 11.3 Å². The minimum Gasteiger partial charge on any atom is -0.309 e. The molecule has 5 heteroatoms. The molecule has 0 saturated carbocycles. The number of nitrogens with zero attached hydrogens (tertiary/aromatic N) is 1. The first-order valence-corrected chi connectivity index (χ1v) is 9.45. The van der Waals surface area contributed by atoms with Crippen LogP contribution in [0.3, 0.4) is 0 Å². The summed E-state index contributed by atoms with van der Waals surface area (Å²) in [7, 11) is 0. The van der Waals surface area contributed by atoms with E-state index in [4.69, 9.17) is 4.98 Å². The second-order valence-electron chi connectivity index (χ2n) is 7.54. The van der Waals surface area contributed by atoms with Crippen LogP contribution in [0.5, 0.6) is 0 Å². The van der Waals surface area contributed by atoms with Crippen LogP contribution in [0.15, 0.2) is 36.4 Å². The van der Waals surface area contributed by atoms with Crippen LogP contribution in [-0.4, -0.2) is 22.5 Å². The molecule has 2 N–H and O–H groups in total. The smallest absolute Gasteiger partial charge is 0.242 e. The average molecular weight is 349 g/mol. The highest BCUT2D eigenvalue weighted by Gasteiger charge is 2.34. The van der Waals surface area contributed by atoms with Gasteiger partial charge in [-0.25, -0.2) is 4.98 Å². The van der Waals surface area contributed by atoms with Crippen molar-refractivity contribution in [1.82, 2.24) is 10.3 Å². The van der Waals surface area contributed by atoms with Gasteiger partial charge in [0.15, 0.2) is 0 Å². The maximum Gasteiger partial charge on any atom is 0.242 e. The van der Waals surface area contributed by atoms with Crippen LogP contribution in [0.4, 0.5) is 5.82 Å². The van der Waals surface area contributed by atoms with Crippen molar-refractivity contribution >= 4 is 54.1 Å². The van der Waals surface area contributed by atoms with Crippen LogP contribution in [0.25, 0.3) is 31.1 Å². The van der Waals surface area contributed by atoms with Crippen molar-refractivity contribution in [1.29, 1.82) is 0 Å². The van der Waals surface area contributed by atoms with Gasteiger partial charge in [-0.2, -0.15) is 0 Å². The number of benzene rings is 1. The third-order valence-corrected chi connectivity index (χ3v) is 6.29. The van der Waals surface area contributed by atoms with E-state index in [-0.39, 0.29) is 17.5 Å². The predicted octanol–water partition coefficient (Wildman–Crippen LogP) is 4.51. The molecule has 1 amide bonds. The number of nitrogens with one attached hydrogen (secondary N) is 2. The Hall–Kier alpha value is -2.24. The van der Waals surface area contributed by atoms with E-state index < -0.39 is 0 Å². The molecule has 3 aromatic carbocycles. The van der Waals surface area contributed by atoms with E-state index >= 15 is 0 Å². The summed E-state index contributed by atoms with van der Waals surface area (Å²) in [4.78, 5) is 18.5. The Morgan fingerprint density at radius 3 is 2.68 bits per heavy atom. The Labute approximate surface area is 149 Å². The molecule has 4 nitrogen and oxygen atoms in total. The summed E-state index contributed by atoms with van der Waals surface area (Å²) in [6.07, 6.45) is 1.86. The zero-order chi connectivity index (χ0) is 17.2. The summed E-state index contributed by atoms with van der Waals surface area (Å²) in [6.45, 7) is 4.27. The van der Waals surface area contributed by atoms with Gasteiger partial charge in [-0.3, -0.25) is 4.79 Å². The molecule has 1 atom stereocenters. The normalized spacial score (nSPS) is 20.0. The van der Waals surface area contributed by atoms with Gasteiger partial charge in [0.1, 0.15) is 10.6 Å². The number of hydrogen-bond acceptors (Lipinski definition) is 4. The summed E-state index contributed by atoms with van der Waals surface area (Å²) in [5.41, 5.74) is 0.0165. The van der Waals surface area contributed by atoms with Crippen LogP contribution in [-0.2, 0) is 4.79 Å². The molecular weight excluding hydrogens is 330 g/mol. The molecule has 8 rings (SSSR count). The number of aromatic nitrogens is 1. The Balaban J connectivity index is 1.63. The molecular formula is C20H19N3OS. The van der Waals surface area contributed by atoms with E-state index in [1.807, 2.05) is 0 Å². The molecule has 1 fully saturated rings. The van der Waals surface area contributed by atoms with Crippen molar-refractivity contribution in [2.45, 2.75) is 38.3 Å². The van der Waals surface area contributed by atoms with Gasteiger partial charge in [0.25, 0.3) is 0 Å². The summed E-state index contributed by atoms with van der Waals surface area (Å²) in [5.74, 6) is 0.683. The average Bonchev–Trinajstić information content (AvgIpc) is 3.18. The molecule has 25 heavy (non-hydrogen) atoms. The number of carbonyl (C=O) groups excluding carboxylic acids is 1. The molecule has 0 spiro atoms. The number of hydrogen-bond donors (Lipinski definition) is 2. The Morgan fingerprint density at radius 1 is 1.20 bits per heavy atom. The third kappa shape index (κ3) is 2.38. The lowest BCUT2D eigenvalue weighted by molar-refractivity contribution is -0.118. The van der Waals surface area contributed by atoms with E-state index in [0.29, 0.717) is 5.82 Å². The second-order valence-corrected chi connectivity index (χ2v) is 8.57. The Morgan fingerprint density at radius 2 is 1.96 bits per heavy atom. The first-order chi connectivity index (χ1) is 12.0. The van der Waals surface area contributed by atoms with Crippen molar-refractivity contribution < 1.29 is 4.79 Å². The van der Waals surface area contributed by atoms with Crippen molar-refractivity contribution in [3.8, 4) is 0 Å². The highest BCUT2D eigenvalue weighted by molar-refractivity contribution is 7.24. The van der Waals surface area contributed by atoms with E-state index in [0.717, 1.165) is 33.8 Å². The minimum absolute atomic E-state index is 0.00790. The Kier molecular flexibility index (Phi) is 3.09. The zero-order valence-electron chi connectivity index (χ0n) is 14.2. The lowest BCUT2D eigenvalue weighted by atomic mass is 10.0. The van der Waals surface area contributed by atoms with E-state index in [1.54, 1.807) is 11.3 Å². The zero-order valence-corrected chi connectivity index (χ0v) is 15.0. The van der Waals surface area contributed by atoms with Crippen molar-refractivity contribution in [3.05, 3.63) is 36.4 Å². The first kappa shape index (κ1) is 15.0. The molecule has 4 aromatic heterocycles. The first-order valence-electron chi connectivity index (χ1n) is 8.63. The van der Waals surface area contributed by atoms with Gasteiger partial charge in [0.05, 0.1) is 6.04 Å². The topological polar surface area (TPSA) is 54.0 Å². The number of anilines is 1. The second kappa shape index (κ2) is 5.13. The van der Waals surface area contributed by atoms with E-state index in [9.17, 15) is 4.79 Å². The van der Waals surface area contributed by atoms with Gasteiger partial charge in [-0.05, 0) is 49.6 Å². The summed E-state index contributed by atoms with van der Waals surface area (Å²) >= 11 is 1.67. The van der Waals surface area contributed by atoms with Crippen LogP contribution < -0.4 is 10.6 Å². The van der Waals surface area contributed by atoms with Crippen LogP contribution in [0.1, 0.15) is 26.7 Å². The van der Waals surface area contributed by atoms with Gasteiger partial charge in [-0.15, -0.1) is 11.3 Å². The molecule has 6 bridgehead atoms. The fourth-order valence-corrected chi connectivity index (χ4v) is 4.86. The lowest BCUT2D eigenvalue weighted by Gasteiger charge is -2.19. The quantitative estimate of drug-likeness (QED) is 0.560. The maximum atomic E-state index is 12.8. The van der Waals surface area contributed by atoms with Crippen LogP contribution in [0, 0.1) is 0 Å². The van der Waals surface area contributed by atoms with Crippen molar-refractivity contribution in [2.75, 3.05) is 5.32 Å². The molecule has 7 aromatic rings. The monoisotopic (exact) mass is 349 g/mol. The van der Waals surface area contributed by atoms with Gasteiger partial charge < -0.3 is 10.6 Å². The molecule has 0 unspecified atom stereocenters. The molecule has 126 valence electrons. The molecule has 1 saturated heterocycles. The Bertz CT molecular complexity index is 1090. The van der Waals surface area contributed by atoms with Crippen molar-refractivity contribution in [2.24, 2.45) is 0 Å². The largest absolute Gasteiger partial charge is 0.309 e. The summed E-state index contributed by atoms with van der Waals surface area (Å²) in [6, 6.07) is 12.6. The van der Waals surface area contributed by atoms with Gasteiger partial charge in [0.2, 0.25) is 5.91 Å². The standard InChI is InChI=1S/C20H19N3OS/c1-20(2)10-9-14(23-20)18(24)21-17-16-12-5-3-11(4-6-12)15-8-7-13(16)19(22-17)25-15/h3-8,14,23H,9-10H2,1-2H3,(H,21,22,24)/t14-/m0/s1. The molecule has 0 aliphatic carbocycles. The van der Waals surface area contributed by atoms with Crippen LogP contribution in [0.2, 0.25) is 0 Å². The third-order valence-electron chi connectivity index (χ3n) is 5.20. The summed E-state index contributed by atoms with van der Waals surface area (Å²) < 4.78 is 1.20.